The molecule has 210 valence electrons. The van der Waals surface area contributed by atoms with Crippen molar-refractivity contribution < 1.29 is 41.3 Å². The number of carboxylic acid groups (broad SMARTS) is 1. The molecule has 1 aromatic rings. The Labute approximate surface area is 216 Å². The summed E-state index contributed by atoms with van der Waals surface area (Å²) in [5.41, 5.74) is 0.923. The van der Waals surface area contributed by atoms with Crippen LogP contribution in [-0.4, -0.2) is 91.5 Å². The maximum atomic E-state index is 13.1. The average Bonchev–Trinajstić information content (AvgIpc) is 3.21. The van der Waals surface area contributed by atoms with Crippen molar-refractivity contribution in [1.29, 1.82) is 0 Å². The number of aliphatic carboxylic acids is 1. The molecule has 3 aliphatic rings. The maximum Gasteiger partial charge on any atom is 0.490 e. The van der Waals surface area contributed by atoms with Crippen LogP contribution in [0.25, 0.3) is 0 Å². The number of nitrogens with zero attached hydrogens (tertiary/aromatic N) is 2. The van der Waals surface area contributed by atoms with Crippen LogP contribution in [0.2, 0.25) is 0 Å². The Morgan fingerprint density at radius 1 is 1.16 bits per heavy atom. The van der Waals surface area contributed by atoms with E-state index in [-0.39, 0.29) is 17.6 Å². The van der Waals surface area contributed by atoms with E-state index in [1.165, 1.54) is 0 Å². The molecule has 2 aliphatic heterocycles. The minimum absolute atomic E-state index is 0.117. The third-order valence-electron chi connectivity index (χ3n) is 7.80. The van der Waals surface area contributed by atoms with Gasteiger partial charge in [-0.15, -0.1) is 0 Å². The van der Waals surface area contributed by atoms with E-state index in [0.29, 0.717) is 24.0 Å². The fourth-order valence-electron chi connectivity index (χ4n) is 5.52. The molecule has 2 N–H and O–H groups in total. The lowest BCUT2D eigenvalue weighted by Gasteiger charge is -2.38. The van der Waals surface area contributed by atoms with Crippen molar-refractivity contribution in [2.75, 3.05) is 33.3 Å². The Bertz CT molecular complexity index is 1020. The van der Waals surface area contributed by atoms with Crippen LogP contribution < -0.4 is 0 Å². The summed E-state index contributed by atoms with van der Waals surface area (Å²) in [6.07, 6.45) is 1.68. The Kier molecular flexibility index (Phi) is 9.66. The number of alkyl halides is 3. The summed E-state index contributed by atoms with van der Waals surface area (Å²) in [6, 6.07) is 7.78. The van der Waals surface area contributed by atoms with Crippen molar-refractivity contribution in [3.63, 3.8) is 0 Å². The first kappa shape index (κ1) is 29.8. The minimum atomic E-state index is -5.08. The van der Waals surface area contributed by atoms with E-state index in [1.807, 2.05) is 19.1 Å². The Morgan fingerprint density at radius 3 is 2.27 bits per heavy atom. The summed E-state index contributed by atoms with van der Waals surface area (Å²) in [4.78, 5) is 11.7. The first-order chi connectivity index (χ1) is 17.2. The summed E-state index contributed by atoms with van der Waals surface area (Å²) in [7, 11) is -1.25. The van der Waals surface area contributed by atoms with Crippen molar-refractivity contribution in [2.45, 2.75) is 81.2 Å². The molecule has 2 heterocycles. The van der Waals surface area contributed by atoms with Gasteiger partial charge < -0.3 is 19.8 Å². The summed E-state index contributed by atoms with van der Waals surface area (Å²) >= 11 is 0. The molecule has 1 aromatic carbocycles. The summed E-state index contributed by atoms with van der Waals surface area (Å²) in [6.45, 7) is 4.67. The number of aliphatic hydroxyl groups is 1. The number of rotatable bonds is 5. The number of sulfonamides is 1. The number of likely N-dealkylation sites (N-methyl/N-ethyl adjacent to an activating group) is 1. The summed E-state index contributed by atoms with van der Waals surface area (Å²) in [5, 5.41) is 16.9. The van der Waals surface area contributed by atoms with Gasteiger partial charge in [0.05, 0.1) is 23.7 Å². The van der Waals surface area contributed by atoms with Crippen molar-refractivity contribution in [2.24, 2.45) is 5.41 Å². The zero-order valence-electron chi connectivity index (χ0n) is 21.3. The molecule has 4 rings (SSSR count). The standard InChI is InChI=1S/C23H36N2O4S.C2HF3O2/c1-18-5-3-4-6-22(18)30(27,28)25-13-11-23(12-14-25)15-21(29-17-23)16-24(2)19-7-9-20(26)10-8-19;3-2(4,5)1(6)7/h3-6,19-21,26H,7-17H2,1-2H3;(H,6,7). The molecular formula is C25H37F3N2O6S. The molecule has 0 bridgehead atoms. The van der Waals surface area contributed by atoms with Gasteiger partial charge in [0, 0.05) is 25.7 Å². The number of halogens is 3. The van der Waals surface area contributed by atoms with Crippen molar-refractivity contribution >= 4 is 16.0 Å². The lowest BCUT2D eigenvalue weighted by Crippen LogP contribution is -2.44. The quantitative estimate of drug-likeness (QED) is 0.579. The van der Waals surface area contributed by atoms with Crippen molar-refractivity contribution in [3.8, 4) is 0 Å². The molecule has 0 amide bonds. The minimum Gasteiger partial charge on any atom is -0.475 e. The second-order valence-electron chi connectivity index (χ2n) is 10.5. The van der Waals surface area contributed by atoms with Crippen LogP contribution in [-0.2, 0) is 19.6 Å². The largest absolute Gasteiger partial charge is 0.490 e. The lowest BCUT2D eigenvalue weighted by molar-refractivity contribution is -0.192. The number of carbonyl (C=O) groups is 1. The van der Waals surface area contributed by atoms with Crippen LogP contribution in [0.4, 0.5) is 13.2 Å². The highest BCUT2D eigenvalue weighted by molar-refractivity contribution is 7.89. The second-order valence-corrected chi connectivity index (χ2v) is 12.4. The molecule has 12 heteroatoms. The summed E-state index contributed by atoms with van der Waals surface area (Å²) < 4.78 is 65.8. The monoisotopic (exact) mass is 550 g/mol. The van der Waals surface area contributed by atoms with Crippen LogP contribution in [0.15, 0.2) is 29.2 Å². The number of hydrogen-bond acceptors (Lipinski definition) is 6. The third-order valence-corrected chi connectivity index (χ3v) is 9.86. The molecule has 2 saturated heterocycles. The molecule has 3 fully saturated rings. The number of ether oxygens (including phenoxy) is 1. The highest BCUT2D eigenvalue weighted by Crippen LogP contribution is 2.43. The van der Waals surface area contributed by atoms with Crippen molar-refractivity contribution in [3.05, 3.63) is 29.8 Å². The van der Waals surface area contributed by atoms with Crippen molar-refractivity contribution in [1.82, 2.24) is 9.21 Å². The van der Waals surface area contributed by atoms with Crippen LogP contribution in [0, 0.1) is 12.3 Å². The zero-order chi connectivity index (χ0) is 27.4. The van der Waals surface area contributed by atoms with Gasteiger partial charge in [0.1, 0.15) is 0 Å². The molecule has 37 heavy (non-hydrogen) atoms. The van der Waals surface area contributed by atoms with Crippen LogP contribution in [0.3, 0.4) is 0 Å². The molecule has 1 aliphatic carbocycles. The first-order valence-electron chi connectivity index (χ1n) is 12.6. The Balaban J connectivity index is 0.000000479. The molecule has 1 spiro atoms. The van der Waals surface area contributed by atoms with E-state index in [2.05, 4.69) is 11.9 Å². The highest BCUT2D eigenvalue weighted by Gasteiger charge is 2.45. The maximum absolute atomic E-state index is 13.1. The third kappa shape index (κ3) is 7.66. The van der Waals surface area contributed by atoms with Gasteiger partial charge in [-0.25, -0.2) is 13.2 Å². The highest BCUT2D eigenvalue weighted by atomic mass is 32.2. The smallest absolute Gasteiger partial charge is 0.475 e. The SMILES string of the molecule is Cc1ccccc1S(=O)(=O)N1CCC2(CC1)COC(CN(C)C1CCC(O)CC1)C2.O=C(O)C(F)(F)F. The molecule has 1 atom stereocenters. The fraction of sp³-hybridized carbons (Fsp3) is 0.720. The number of piperidine rings is 1. The topological polar surface area (TPSA) is 107 Å². The van der Waals surface area contributed by atoms with Gasteiger partial charge in [-0.1, -0.05) is 18.2 Å². The predicted molar refractivity (Wildman–Crippen MR) is 131 cm³/mol. The Hall–Kier alpha value is -1.73. The number of benzene rings is 1. The van der Waals surface area contributed by atoms with Gasteiger partial charge >= 0.3 is 12.1 Å². The number of hydrogen-bond donors (Lipinski definition) is 2. The molecule has 0 radical (unpaired) electrons. The van der Waals surface area contributed by atoms with Gasteiger partial charge in [-0.05, 0) is 76.0 Å². The molecule has 8 nitrogen and oxygen atoms in total. The van der Waals surface area contributed by atoms with E-state index in [1.54, 1.807) is 16.4 Å². The van der Waals surface area contributed by atoms with Crippen LogP contribution >= 0.6 is 0 Å². The lowest BCUT2D eigenvalue weighted by atomic mass is 9.77. The number of aryl methyl sites for hydroxylation is 1. The van der Waals surface area contributed by atoms with E-state index in [9.17, 15) is 26.7 Å². The van der Waals surface area contributed by atoms with Crippen LogP contribution in [0.1, 0.15) is 50.5 Å². The van der Waals surface area contributed by atoms with Gasteiger partial charge in [-0.2, -0.15) is 17.5 Å². The predicted octanol–water partition coefficient (Wildman–Crippen LogP) is 3.42. The van der Waals surface area contributed by atoms with E-state index in [4.69, 9.17) is 14.6 Å². The normalized spacial score (nSPS) is 26.6. The molecule has 1 unspecified atom stereocenters. The zero-order valence-corrected chi connectivity index (χ0v) is 22.1. The second kappa shape index (κ2) is 12.0. The van der Waals surface area contributed by atoms with Crippen LogP contribution in [0.5, 0.6) is 0 Å². The van der Waals surface area contributed by atoms with Gasteiger partial charge in [0.25, 0.3) is 0 Å². The van der Waals surface area contributed by atoms with Gasteiger partial charge in [0.15, 0.2) is 0 Å². The first-order valence-corrected chi connectivity index (χ1v) is 14.0. The Morgan fingerprint density at radius 2 is 1.73 bits per heavy atom. The van der Waals surface area contributed by atoms with E-state index >= 15 is 0 Å². The average molecular weight is 551 g/mol. The fourth-order valence-corrected chi connectivity index (χ4v) is 7.18. The van der Waals surface area contributed by atoms with E-state index < -0.39 is 22.2 Å². The molecule has 0 aromatic heterocycles. The van der Waals surface area contributed by atoms with Gasteiger partial charge in [0.2, 0.25) is 10.0 Å². The molecule has 1 saturated carbocycles. The number of carboxylic acids is 1. The van der Waals surface area contributed by atoms with E-state index in [0.717, 1.165) is 63.7 Å². The summed E-state index contributed by atoms with van der Waals surface area (Å²) in [5.74, 6) is -2.76. The van der Waals surface area contributed by atoms with Gasteiger partial charge in [-0.3, -0.25) is 0 Å². The molecular weight excluding hydrogens is 513 g/mol. The number of aliphatic hydroxyl groups excluding tert-OH is 1.